The van der Waals surface area contributed by atoms with Crippen LogP contribution in [0, 0.1) is 17.5 Å². The quantitative estimate of drug-likeness (QED) is 0.792. The van der Waals surface area contributed by atoms with E-state index in [0.29, 0.717) is 6.29 Å². The minimum Gasteiger partial charge on any atom is -0.486 e. The van der Waals surface area contributed by atoms with Gasteiger partial charge in [-0.2, -0.15) is 0 Å². The molecule has 0 bridgehead atoms. The van der Waals surface area contributed by atoms with Gasteiger partial charge in [-0.15, -0.1) is 0 Å². The molecular weight excluding hydrogens is 257 g/mol. The van der Waals surface area contributed by atoms with E-state index in [-0.39, 0.29) is 23.5 Å². The smallest absolute Gasteiger partial charge is 0.165 e. The van der Waals surface area contributed by atoms with Crippen LogP contribution in [-0.4, -0.2) is 6.29 Å². The third-order valence-electron chi connectivity index (χ3n) is 2.49. The number of hydrogen-bond donors (Lipinski definition) is 0. The van der Waals surface area contributed by atoms with Gasteiger partial charge >= 0.3 is 0 Å². The number of benzene rings is 2. The van der Waals surface area contributed by atoms with E-state index in [1.54, 1.807) is 0 Å². The maximum absolute atomic E-state index is 13.5. The number of carbonyl (C=O) groups is 1. The molecule has 0 unspecified atom stereocenters. The van der Waals surface area contributed by atoms with Crippen LogP contribution in [0.1, 0.15) is 15.9 Å². The molecule has 0 aromatic heterocycles. The number of carbonyl (C=O) groups excluding carboxylic acids is 1. The van der Waals surface area contributed by atoms with Crippen molar-refractivity contribution in [3.05, 3.63) is 65.0 Å². The van der Waals surface area contributed by atoms with E-state index in [1.807, 2.05) is 0 Å². The number of hydrogen-bond acceptors (Lipinski definition) is 2. The average molecular weight is 266 g/mol. The van der Waals surface area contributed by atoms with E-state index >= 15 is 0 Å². The molecule has 2 rings (SSSR count). The highest BCUT2D eigenvalue weighted by atomic mass is 19.1. The summed E-state index contributed by atoms with van der Waals surface area (Å²) in [6.07, 6.45) is 0.506. The van der Waals surface area contributed by atoms with Gasteiger partial charge in [-0.05, 0) is 30.3 Å². The second-order valence-corrected chi connectivity index (χ2v) is 3.83. The van der Waals surface area contributed by atoms with Crippen LogP contribution >= 0.6 is 0 Å². The van der Waals surface area contributed by atoms with Crippen molar-refractivity contribution in [2.24, 2.45) is 0 Å². The lowest BCUT2D eigenvalue weighted by atomic mass is 10.2. The van der Waals surface area contributed by atoms with E-state index in [9.17, 15) is 18.0 Å². The van der Waals surface area contributed by atoms with Crippen molar-refractivity contribution in [2.45, 2.75) is 6.61 Å². The molecule has 0 aliphatic carbocycles. The van der Waals surface area contributed by atoms with Crippen LogP contribution < -0.4 is 4.74 Å². The fourth-order valence-electron chi connectivity index (χ4n) is 1.50. The Bertz CT molecular complexity index is 612. The summed E-state index contributed by atoms with van der Waals surface area (Å²) in [4.78, 5) is 10.4. The van der Waals surface area contributed by atoms with Crippen LogP contribution in [0.4, 0.5) is 13.2 Å². The second kappa shape index (κ2) is 5.56. The van der Waals surface area contributed by atoms with Gasteiger partial charge in [0.15, 0.2) is 11.6 Å². The molecule has 0 amide bonds. The summed E-state index contributed by atoms with van der Waals surface area (Å²) in [6.45, 7) is -0.233. The third kappa shape index (κ3) is 3.13. The van der Waals surface area contributed by atoms with Gasteiger partial charge in [0.25, 0.3) is 0 Å². The molecule has 0 fully saturated rings. The van der Waals surface area contributed by atoms with Gasteiger partial charge in [0.2, 0.25) is 0 Å². The number of halogens is 3. The zero-order chi connectivity index (χ0) is 13.8. The van der Waals surface area contributed by atoms with E-state index < -0.39 is 17.5 Å². The predicted octanol–water partition coefficient (Wildman–Crippen LogP) is 3.50. The molecule has 0 spiro atoms. The number of rotatable bonds is 4. The van der Waals surface area contributed by atoms with Crippen molar-refractivity contribution in [3.8, 4) is 5.75 Å². The molecule has 0 aliphatic rings. The minimum absolute atomic E-state index is 0.102. The monoisotopic (exact) mass is 266 g/mol. The zero-order valence-electron chi connectivity index (χ0n) is 9.70. The van der Waals surface area contributed by atoms with Crippen molar-refractivity contribution >= 4 is 6.29 Å². The average Bonchev–Trinajstić information content (AvgIpc) is 2.39. The summed E-state index contributed by atoms with van der Waals surface area (Å²) in [5.41, 5.74) is 0.290. The molecule has 2 aromatic carbocycles. The lowest BCUT2D eigenvalue weighted by Crippen LogP contribution is -2.01. The molecule has 0 N–H and O–H groups in total. The molecule has 2 aromatic rings. The first-order chi connectivity index (χ1) is 9.10. The van der Waals surface area contributed by atoms with Gasteiger partial charge in [0.05, 0.1) is 0 Å². The normalized spacial score (nSPS) is 10.3. The van der Waals surface area contributed by atoms with Crippen molar-refractivity contribution in [3.63, 3.8) is 0 Å². The highest BCUT2D eigenvalue weighted by Crippen LogP contribution is 2.20. The molecule has 0 radical (unpaired) electrons. The van der Waals surface area contributed by atoms with E-state index in [2.05, 4.69) is 0 Å². The summed E-state index contributed by atoms with van der Waals surface area (Å²) in [5, 5.41) is 0. The van der Waals surface area contributed by atoms with Gasteiger partial charge < -0.3 is 4.74 Å². The lowest BCUT2D eigenvalue weighted by Gasteiger charge is -2.08. The lowest BCUT2D eigenvalue weighted by molar-refractivity contribution is 0.112. The van der Waals surface area contributed by atoms with E-state index in [0.717, 1.165) is 18.2 Å². The fourth-order valence-corrected chi connectivity index (χ4v) is 1.50. The van der Waals surface area contributed by atoms with Crippen molar-refractivity contribution in [1.29, 1.82) is 0 Å². The van der Waals surface area contributed by atoms with Crippen LogP contribution in [-0.2, 0) is 6.61 Å². The molecule has 0 aliphatic heterocycles. The van der Waals surface area contributed by atoms with Crippen molar-refractivity contribution in [1.82, 2.24) is 0 Å². The Morgan fingerprint density at radius 3 is 2.42 bits per heavy atom. The van der Waals surface area contributed by atoms with Crippen molar-refractivity contribution < 1.29 is 22.7 Å². The molecule has 98 valence electrons. The van der Waals surface area contributed by atoms with Crippen LogP contribution in [0.15, 0.2) is 36.4 Å². The SMILES string of the molecule is O=Cc1ccc(OCc2ccc(F)cc2F)c(F)c1. The van der Waals surface area contributed by atoms with Crippen LogP contribution in [0.3, 0.4) is 0 Å². The standard InChI is InChI=1S/C14H9F3O2/c15-11-3-2-10(12(16)6-11)8-19-14-4-1-9(7-18)5-13(14)17/h1-7H,8H2. The van der Waals surface area contributed by atoms with Crippen molar-refractivity contribution in [2.75, 3.05) is 0 Å². The van der Waals surface area contributed by atoms with E-state index in [1.165, 1.54) is 18.2 Å². The Balaban J connectivity index is 2.12. The Kier molecular flexibility index (Phi) is 3.85. The second-order valence-electron chi connectivity index (χ2n) is 3.83. The molecule has 0 atom stereocenters. The van der Waals surface area contributed by atoms with Gasteiger partial charge in [0, 0.05) is 17.2 Å². The topological polar surface area (TPSA) is 26.3 Å². The highest BCUT2D eigenvalue weighted by Gasteiger charge is 2.08. The summed E-state index contributed by atoms with van der Waals surface area (Å²) < 4.78 is 44.6. The Hall–Kier alpha value is -2.30. The largest absolute Gasteiger partial charge is 0.486 e. The predicted molar refractivity (Wildman–Crippen MR) is 62.5 cm³/mol. The summed E-state index contributed by atoms with van der Waals surface area (Å²) in [5.74, 6) is -2.27. The molecule has 0 saturated carbocycles. The summed E-state index contributed by atoms with van der Waals surface area (Å²) in [7, 11) is 0. The minimum atomic E-state index is -0.759. The summed E-state index contributed by atoms with van der Waals surface area (Å²) >= 11 is 0. The third-order valence-corrected chi connectivity index (χ3v) is 2.49. The Morgan fingerprint density at radius 1 is 1.00 bits per heavy atom. The Morgan fingerprint density at radius 2 is 1.79 bits per heavy atom. The number of ether oxygens (including phenoxy) is 1. The van der Waals surface area contributed by atoms with Crippen LogP contribution in [0.5, 0.6) is 5.75 Å². The van der Waals surface area contributed by atoms with Gasteiger partial charge in [-0.1, -0.05) is 0 Å². The Labute approximate surface area is 107 Å². The first kappa shape index (κ1) is 13.1. The van der Waals surface area contributed by atoms with Gasteiger partial charge in [-0.25, -0.2) is 13.2 Å². The first-order valence-electron chi connectivity index (χ1n) is 5.41. The van der Waals surface area contributed by atoms with Crippen LogP contribution in [0.2, 0.25) is 0 Å². The molecule has 0 saturated heterocycles. The molecule has 2 nitrogen and oxygen atoms in total. The first-order valence-corrected chi connectivity index (χ1v) is 5.41. The molecule has 5 heteroatoms. The van der Waals surface area contributed by atoms with Gasteiger partial charge in [-0.3, -0.25) is 4.79 Å². The summed E-state index contributed by atoms with van der Waals surface area (Å²) in [6, 6.07) is 6.72. The molecule has 19 heavy (non-hydrogen) atoms. The maximum Gasteiger partial charge on any atom is 0.165 e. The van der Waals surface area contributed by atoms with Gasteiger partial charge in [0.1, 0.15) is 24.5 Å². The zero-order valence-corrected chi connectivity index (χ0v) is 9.70. The molecule has 0 heterocycles. The van der Waals surface area contributed by atoms with Crippen LogP contribution in [0.25, 0.3) is 0 Å². The highest BCUT2D eigenvalue weighted by molar-refractivity contribution is 5.74. The molecular formula is C14H9F3O2. The maximum atomic E-state index is 13.5. The van der Waals surface area contributed by atoms with E-state index in [4.69, 9.17) is 4.74 Å². The number of aldehydes is 1. The fraction of sp³-hybridized carbons (Fsp3) is 0.0714.